The van der Waals surface area contributed by atoms with E-state index in [0.717, 1.165) is 13.2 Å². The summed E-state index contributed by atoms with van der Waals surface area (Å²) in [6.07, 6.45) is 3.36. The Morgan fingerprint density at radius 3 is 2.75 bits per heavy atom. The number of nitrogens with zero attached hydrogens (tertiary/aromatic N) is 2. The minimum atomic E-state index is -0.961. The summed E-state index contributed by atoms with van der Waals surface area (Å²) in [7, 11) is 2.93. The van der Waals surface area contributed by atoms with Crippen LogP contribution in [0.3, 0.4) is 0 Å². The van der Waals surface area contributed by atoms with E-state index >= 15 is 0 Å². The fourth-order valence-electron chi connectivity index (χ4n) is 1.69. The Morgan fingerprint density at radius 1 is 1.40 bits per heavy atom. The van der Waals surface area contributed by atoms with Crippen molar-refractivity contribution in [2.45, 2.75) is 6.54 Å². The third-order valence-electron chi connectivity index (χ3n) is 2.82. The highest BCUT2D eigenvalue weighted by atomic mass is 19.1. The second-order valence-corrected chi connectivity index (χ2v) is 4.11. The predicted molar refractivity (Wildman–Crippen MR) is 68.2 cm³/mol. The Balaban J connectivity index is 2.23. The number of imidazole rings is 1. The molecule has 5 nitrogen and oxygen atoms in total. The molecule has 0 saturated heterocycles. The maximum atomic E-state index is 13.6. The topological polar surface area (TPSA) is 56.1 Å². The minimum Gasteiger partial charge on any atom is -0.465 e. The van der Waals surface area contributed by atoms with Crippen LogP contribution in [0.15, 0.2) is 24.5 Å². The van der Waals surface area contributed by atoms with Crippen molar-refractivity contribution in [3.63, 3.8) is 0 Å². The molecule has 0 spiro atoms. The lowest BCUT2D eigenvalue weighted by molar-refractivity contribution is 0.0595. The number of aryl methyl sites for hydroxylation is 1. The Morgan fingerprint density at radius 2 is 2.15 bits per heavy atom. The van der Waals surface area contributed by atoms with Gasteiger partial charge in [-0.3, -0.25) is 0 Å². The fourth-order valence-corrected chi connectivity index (χ4v) is 1.69. The van der Waals surface area contributed by atoms with Gasteiger partial charge in [0.1, 0.15) is 17.5 Å². The van der Waals surface area contributed by atoms with Crippen LogP contribution in [0.25, 0.3) is 0 Å². The smallest absolute Gasteiger partial charge is 0.340 e. The summed E-state index contributed by atoms with van der Waals surface area (Å²) in [6, 6.07) is 1.73. The van der Waals surface area contributed by atoms with E-state index in [1.54, 1.807) is 24.0 Å². The minimum absolute atomic E-state index is 0.00907. The first-order valence-electron chi connectivity index (χ1n) is 5.80. The number of benzene rings is 1. The van der Waals surface area contributed by atoms with Gasteiger partial charge in [0.05, 0.1) is 24.9 Å². The fraction of sp³-hybridized carbons (Fsp3) is 0.231. The standard InChI is InChI=1S/C13H13F2N3O2/c1-18-4-3-16-12(18)7-17-11-5-8(13(19)20-2)9(14)6-10(11)15/h3-6,17H,7H2,1-2H3. The summed E-state index contributed by atoms with van der Waals surface area (Å²) < 4.78 is 33.3. The summed E-state index contributed by atoms with van der Waals surface area (Å²) in [4.78, 5) is 15.4. The molecule has 0 unspecified atom stereocenters. The largest absolute Gasteiger partial charge is 0.465 e. The highest BCUT2D eigenvalue weighted by Gasteiger charge is 2.16. The number of ether oxygens (including phenoxy) is 1. The average Bonchev–Trinajstić information content (AvgIpc) is 2.82. The monoisotopic (exact) mass is 281 g/mol. The van der Waals surface area contributed by atoms with Gasteiger partial charge in [0.25, 0.3) is 0 Å². The summed E-state index contributed by atoms with van der Waals surface area (Å²) in [5.41, 5.74) is -0.314. The number of carbonyl (C=O) groups is 1. The first-order chi connectivity index (χ1) is 9.52. The van der Waals surface area contributed by atoms with Crippen molar-refractivity contribution >= 4 is 11.7 Å². The van der Waals surface area contributed by atoms with Crippen molar-refractivity contribution in [1.29, 1.82) is 0 Å². The third kappa shape index (κ3) is 2.76. The molecule has 0 fully saturated rings. The Hall–Kier alpha value is -2.44. The number of methoxy groups -OCH3 is 1. The second-order valence-electron chi connectivity index (χ2n) is 4.11. The molecule has 0 atom stereocenters. The van der Waals surface area contributed by atoms with Crippen LogP contribution in [0.4, 0.5) is 14.5 Å². The molecule has 2 rings (SSSR count). The zero-order valence-corrected chi connectivity index (χ0v) is 11.0. The molecule has 0 aliphatic carbocycles. The van der Waals surface area contributed by atoms with E-state index in [1.165, 1.54) is 0 Å². The van der Waals surface area contributed by atoms with Crippen LogP contribution in [0.5, 0.6) is 0 Å². The van der Waals surface area contributed by atoms with Crippen LogP contribution < -0.4 is 5.32 Å². The van der Waals surface area contributed by atoms with Gasteiger partial charge in [0.15, 0.2) is 0 Å². The lowest BCUT2D eigenvalue weighted by Gasteiger charge is -2.10. The number of aromatic nitrogens is 2. The molecule has 0 amide bonds. The number of hydrogen-bond acceptors (Lipinski definition) is 4. The summed E-state index contributed by atoms with van der Waals surface area (Å²) in [5.74, 6) is -1.93. The molecular formula is C13H13F2N3O2. The molecule has 1 aromatic heterocycles. The highest BCUT2D eigenvalue weighted by Crippen LogP contribution is 2.20. The first kappa shape index (κ1) is 14.0. The molecule has 0 aliphatic heterocycles. The van der Waals surface area contributed by atoms with Crippen molar-refractivity contribution in [3.05, 3.63) is 47.5 Å². The molecule has 0 saturated carbocycles. The van der Waals surface area contributed by atoms with E-state index in [1.807, 2.05) is 0 Å². The number of nitrogens with one attached hydrogen (secondary N) is 1. The van der Waals surface area contributed by atoms with Gasteiger partial charge in [-0.05, 0) is 6.07 Å². The first-order valence-corrected chi connectivity index (χ1v) is 5.80. The van der Waals surface area contributed by atoms with Crippen LogP contribution >= 0.6 is 0 Å². The molecule has 1 N–H and O–H groups in total. The van der Waals surface area contributed by atoms with Gasteiger partial charge in [-0.1, -0.05) is 0 Å². The number of hydrogen-bond donors (Lipinski definition) is 1. The molecule has 1 aromatic carbocycles. The molecule has 2 aromatic rings. The SMILES string of the molecule is COC(=O)c1cc(NCc2nccn2C)c(F)cc1F. The van der Waals surface area contributed by atoms with Crippen molar-refractivity contribution in [3.8, 4) is 0 Å². The van der Waals surface area contributed by atoms with Gasteiger partial charge in [-0.2, -0.15) is 0 Å². The van der Waals surface area contributed by atoms with Crippen LogP contribution in [0.1, 0.15) is 16.2 Å². The molecule has 0 aliphatic rings. The maximum Gasteiger partial charge on any atom is 0.340 e. The molecule has 1 heterocycles. The molecule has 0 radical (unpaired) electrons. The molecule has 20 heavy (non-hydrogen) atoms. The van der Waals surface area contributed by atoms with Gasteiger partial charge in [-0.15, -0.1) is 0 Å². The maximum absolute atomic E-state index is 13.6. The van der Waals surface area contributed by atoms with Gasteiger partial charge >= 0.3 is 5.97 Å². The Kier molecular flexibility index (Phi) is 3.97. The Bertz CT molecular complexity index is 641. The van der Waals surface area contributed by atoms with Crippen LogP contribution in [-0.2, 0) is 18.3 Å². The summed E-state index contributed by atoms with van der Waals surface area (Å²) in [5, 5.41) is 2.77. The quantitative estimate of drug-likeness (QED) is 0.872. The van der Waals surface area contributed by atoms with Crippen molar-refractivity contribution in [2.75, 3.05) is 12.4 Å². The summed E-state index contributed by atoms with van der Waals surface area (Å²) >= 11 is 0. The van der Waals surface area contributed by atoms with E-state index in [2.05, 4.69) is 15.0 Å². The highest BCUT2D eigenvalue weighted by molar-refractivity contribution is 5.90. The van der Waals surface area contributed by atoms with Gasteiger partial charge in [0, 0.05) is 25.5 Å². The van der Waals surface area contributed by atoms with Crippen molar-refractivity contribution in [2.24, 2.45) is 7.05 Å². The molecule has 0 bridgehead atoms. The average molecular weight is 281 g/mol. The Labute approximate surface area is 114 Å². The van der Waals surface area contributed by atoms with Crippen molar-refractivity contribution < 1.29 is 18.3 Å². The van der Waals surface area contributed by atoms with Crippen molar-refractivity contribution in [1.82, 2.24) is 9.55 Å². The van der Waals surface area contributed by atoms with Crippen LogP contribution in [0.2, 0.25) is 0 Å². The number of esters is 1. The molecular weight excluding hydrogens is 268 g/mol. The van der Waals surface area contributed by atoms with Gasteiger partial charge in [0.2, 0.25) is 0 Å². The number of rotatable bonds is 4. The zero-order chi connectivity index (χ0) is 14.7. The van der Waals surface area contributed by atoms with E-state index in [-0.39, 0.29) is 17.8 Å². The van der Waals surface area contributed by atoms with Crippen LogP contribution in [-0.4, -0.2) is 22.6 Å². The van der Waals surface area contributed by atoms with Crippen LogP contribution in [0, 0.1) is 11.6 Å². The zero-order valence-electron chi connectivity index (χ0n) is 11.0. The van der Waals surface area contributed by atoms with E-state index in [9.17, 15) is 13.6 Å². The number of halogens is 2. The third-order valence-corrected chi connectivity index (χ3v) is 2.82. The lowest BCUT2D eigenvalue weighted by atomic mass is 10.1. The number of carbonyl (C=O) groups excluding carboxylic acids is 1. The second kappa shape index (κ2) is 5.68. The van der Waals surface area contributed by atoms with E-state index in [0.29, 0.717) is 11.9 Å². The van der Waals surface area contributed by atoms with E-state index < -0.39 is 17.6 Å². The van der Waals surface area contributed by atoms with Gasteiger partial charge < -0.3 is 14.6 Å². The predicted octanol–water partition coefficient (Wildman–Crippen LogP) is 2.10. The molecule has 106 valence electrons. The normalized spacial score (nSPS) is 10.4. The number of anilines is 1. The molecule has 7 heteroatoms. The summed E-state index contributed by atoms with van der Waals surface area (Å²) in [6.45, 7) is 0.243. The van der Waals surface area contributed by atoms with Gasteiger partial charge in [-0.25, -0.2) is 18.6 Å². The lowest BCUT2D eigenvalue weighted by Crippen LogP contribution is -2.10. The van der Waals surface area contributed by atoms with E-state index in [4.69, 9.17) is 0 Å².